The van der Waals surface area contributed by atoms with Gasteiger partial charge in [-0.15, -0.1) is 0 Å². The van der Waals surface area contributed by atoms with Crippen LogP contribution in [0.5, 0.6) is 5.75 Å². The molecule has 1 atom stereocenters. The molecule has 0 radical (unpaired) electrons. The summed E-state index contributed by atoms with van der Waals surface area (Å²) >= 11 is 0. The third-order valence-electron chi connectivity index (χ3n) is 2.70. The van der Waals surface area contributed by atoms with Gasteiger partial charge in [0, 0.05) is 0 Å². The maximum absolute atomic E-state index is 11.4. The normalized spacial score (nSPS) is 12.0. The highest BCUT2D eigenvalue weighted by molar-refractivity contribution is 5.70. The molecule has 0 aliphatic rings. The van der Waals surface area contributed by atoms with Gasteiger partial charge in [-0.05, 0) is 37.0 Å². The summed E-state index contributed by atoms with van der Waals surface area (Å²) in [4.78, 5) is 11.4. The van der Waals surface area contributed by atoms with Crippen molar-refractivity contribution in [2.75, 3.05) is 13.7 Å². The molecule has 0 heterocycles. The molecule has 1 aromatic rings. The summed E-state index contributed by atoms with van der Waals surface area (Å²) in [7, 11) is 1.65. The van der Waals surface area contributed by atoms with Crippen molar-refractivity contribution >= 4 is 5.97 Å². The minimum absolute atomic E-state index is 0.101. The van der Waals surface area contributed by atoms with E-state index in [1.54, 1.807) is 7.11 Å². The molecule has 17 heavy (non-hydrogen) atoms. The first-order chi connectivity index (χ1) is 8.08. The van der Waals surface area contributed by atoms with Crippen LogP contribution in [0, 0.1) is 6.92 Å². The SMILES string of the molecule is CCOC(=O)CC(C)c1ccc(C)cc1OC. The summed E-state index contributed by atoms with van der Waals surface area (Å²) in [6.45, 7) is 6.26. The number of hydrogen-bond donors (Lipinski definition) is 0. The highest BCUT2D eigenvalue weighted by Crippen LogP contribution is 2.29. The standard InChI is InChI=1S/C14H20O3/c1-5-17-14(15)9-11(3)12-7-6-10(2)8-13(12)16-4/h6-8,11H,5,9H2,1-4H3. The van der Waals surface area contributed by atoms with E-state index in [9.17, 15) is 4.79 Å². The number of rotatable bonds is 5. The van der Waals surface area contributed by atoms with Gasteiger partial charge >= 0.3 is 5.97 Å². The monoisotopic (exact) mass is 236 g/mol. The Morgan fingerprint density at radius 1 is 1.41 bits per heavy atom. The second-order valence-electron chi connectivity index (χ2n) is 4.16. The van der Waals surface area contributed by atoms with E-state index in [4.69, 9.17) is 9.47 Å². The van der Waals surface area contributed by atoms with Crippen LogP contribution in [0.25, 0.3) is 0 Å². The molecule has 0 spiro atoms. The van der Waals surface area contributed by atoms with Gasteiger partial charge in [0.05, 0.1) is 20.1 Å². The lowest BCUT2D eigenvalue weighted by atomic mass is 9.96. The molecule has 0 amide bonds. The molecule has 1 unspecified atom stereocenters. The van der Waals surface area contributed by atoms with Crippen LogP contribution in [0.15, 0.2) is 18.2 Å². The van der Waals surface area contributed by atoms with Crippen molar-refractivity contribution in [2.45, 2.75) is 33.1 Å². The van der Waals surface area contributed by atoms with Crippen LogP contribution >= 0.6 is 0 Å². The maximum Gasteiger partial charge on any atom is 0.306 e. The van der Waals surface area contributed by atoms with E-state index in [-0.39, 0.29) is 11.9 Å². The highest BCUT2D eigenvalue weighted by atomic mass is 16.5. The third-order valence-corrected chi connectivity index (χ3v) is 2.70. The molecule has 1 aromatic carbocycles. The average Bonchev–Trinajstić information content (AvgIpc) is 2.28. The lowest BCUT2D eigenvalue weighted by Gasteiger charge is -2.15. The predicted octanol–water partition coefficient (Wildman–Crippen LogP) is 3.06. The molecule has 0 fully saturated rings. The smallest absolute Gasteiger partial charge is 0.306 e. The van der Waals surface area contributed by atoms with Gasteiger partial charge in [-0.25, -0.2) is 0 Å². The summed E-state index contributed by atoms with van der Waals surface area (Å²) in [5.74, 6) is 0.772. The number of carbonyl (C=O) groups excluding carboxylic acids is 1. The van der Waals surface area contributed by atoms with E-state index in [2.05, 4.69) is 0 Å². The van der Waals surface area contributed by atoms with Crippen LogP contribution in [0.4, 0.5) is 0 Å². The Kier molecular flexibility index (Phi) is 5.01. The van der Waals surface area contributed by atoms with Crippen LogP contribution in [-0.2, 0) is 9.53 Å². The number of esters is 1. The third kappa shape index (κ3) is 3.77. The van der Waals surface area contributed by atoms with Gasteiger partial charge in [-0.3, -0.25) is 4.79 Å². The van der Waals surface area contributed by atoms with Crippen molar-refractivity contribution in [1.29, 1.82) is 0 Å². The molecule has 0 aliphatic carbocycles. The summed E-state index contributed by atoms with van der Waals surface area (Å²) in [5.41, 5.74) is 2.19. The zero-order valence-electron chi connectivity index (χ0n) is 10.9. The zero-order valence-corrected chi connectivity index (χ0v) is 10.9. The first-order valence-electron chi connectivity index (χ1n) is 5.88. The first-order valence-corrected chi connectivity index (χ1v) is 5.88. The van der Waals surface area contributed by atoms with Crippen LogP contribution in [0.3, 0.4) is 0 Å². The number of methoxy groups -OCH3 is 1. The summed E-state index contributed by atoms with van der Waals surface area (Å²) in [6.07, 6.45) is 0.382. The molecule has 0 saturated carbocycles. The molecular formula is C14H20O3. The average molecular weight is 236 g/mol. The van der Waals surface area contributed by atoms with Gasteiger partial charge < -0.3 is 9.47 Å². The predicted molar refractivity (Wildman–Crippen MR) is 67.4 cm³/mol. The molecule has 0 saturated heterocycles. The molecule has 0 N–H and O–H groups in total. The quantitative estimate of drug-likeness (QED) is 0.737. The fourth-order valence-electron chi connectivity index (χ4n) is 1.81. The molecule has 94 valence electrons. The molecule has 0 bridgehead atoms. The van der Waals surface area contributed by atoms with E-state index in [0.29, 0.717) is 13.0 Å². The Labute approximate surface area is 103 Å². The second-order valence-corrected chi connectivity index (χ2v) is 4.16. The summed E-state index contributed by atoms with van der Waals surface area (Å²) < 4.78 is 10.3. The zero-order chi connectivity index (χ0) is 12.8. The van der Waals surface area contributed by atoms with Crippen molar-refractivity contribution in [3.05, 3.63) is 29.3 Å². The maximum atomic E-state index is 11.4. The number of aryl methyl sites for hydroxylation is 1. The van der Waals surface area contributed by atoms with Gasteiger partial charge in [0.25, 0.3) is 0 Å². The van der Waals surface area contributed by atoms with E-state index >= 15 is 0 Å². The fraction of sp³-hybridized carbons (Fsp3) is 0.500. The molecule has 0 aliphatic heterocycles. The van der Waals surface area contributed by atoms with Crippen molar-refractivity contribution < 1.29 is 14.3 Å². The second kappa shape index (κ2) is 6.28. The van der Waals surface area contributed by atoms with Crippen LogP contribution < -0.4 is 4.74 Å². The molecule has 0 aromatic heterocycles. The topological polar surface area (TPSA) is 35.5 Å². The molecule has 3 heteroatoms. The Hall–Kier alpha value is -1.51. The lowest BCUT2D eigenvalue weighted by molar-refractivity contribution is -0.143. The van der Waals surface area contributed by atoms with E-state index in [1.807, 2.05) is 39.0 Å². The summed E-state index contributed by atoms with van der Waals surface area (Å²) in [5, 5.41) is 0. The van der Waals surface area contributed by atoms with Gasteiger partial charge in [-0.1, -0.05) is 19.1 Å². The van der Waals surface area contributed by atoms with E-state index < -0.39 is 0 Å². The first kappa shape index (κ1) is 13.6. The fourth-order valence-corrected chi connectivity index (χ4v) is 1.81. The number of ether oxygens (including phenoxy) is 2. The van der Waals surface area contributed by atoms with Crippen LogP contribution in [0.1, 0.15) is 37.3 Å². The van der Waals surface area contributed by atoms with Crippen molar-refractivity contribution in [3.8, 4) is 5.75 Å². The highest BCUT2D eigenvalue weighted by Gasteiger charge is 2.15. The Balaban J connectivity index is 2.81. The van der Waals surface area contributed by atoms with Gasteiger partial charge in [0.2, 0.25) is 0 Å². The Morgan fingerprint density at radius 2 is 2.12 bits per heavy atom. The lowest BCUT2D eigenvalue weighted by Crippen LogP contribution is -2.09. The van der Waals surface area contributed by atoms with Crippen molar-refractivity contribution in [1.82, 2.24) is 0 Å². The van der Waals surface area contributed by atoms with Crippen molar-refractivity contribution in [3.63, 3.8) is 0 Å². The largest absolute Gasteiger partial charge is 0.496 e. The minimum Gasteiger partial charge on any atom is -0.496 e. The Morgan fingerprint density at radius 3 is 2.71 bits per heavy atom. The van der Waals surface area contributed by atoms with Crippen LogP contribution in [-0.4, -0.2) is 19.7 Å². The van der Waals surface area contributed by atoms with Gasteiger partial charge in [0.1, 0.15) is 5.75 Å². The minimum atomic E-state index is -0.164. The number of carbonyl (C=O) groups is 1. The van der Waals surface area contributed by atoms with Gasteiger partial charge in [-0.2, -0.15) is 0 Å². The van der Waals surface area contributed by atoms with E-state index in [1.165, 1.54) is 0 Å². The van der Waals surface area contributed by atoms with E-state index in [0.717, 1.165) is 16.9 Å². The number of hydrogen-bond acceptors (Lipinski definition) is 3. The summed E-state index contributed by atoms with van der Waals surface area (Å²) in [6, 6.07) is 6.02. The number of benzene rings is 1. The Bertz CT molecular complexity index is 385. The molecule has 3 nitrogen and oxygen atoms in total. The molecule has 1 rings (SSSR count). The van der Waals surface area contributed by atoms with Gasteiger partial charge in [0.15, 0.2) is 0 Å². The molecular weight excluding hydrogens is 216 g/mol. The van der Waals surface area contributed by atoms with Crippen LogP contribution in [0.2, 0.25) is 0 Å². The van der Waals surface area contributed by atoms with Crippen molar-refractivity contribution in [2.24, 2.45) is 0 Å².